The third-order valence-electron chi connectivity index (χ3n) is 5.39. The van der Waals surface area contributed by atoms with Crippen LogP contribution in [0.2, 0.25) is 0 Å². The van der Waals surface area contributed by atoms with Crippen molar-refractivity contribution in [1.29, 1.82) is 0 Å². The van der Waals surface area contributed by atoms with Gasteiger partial charge in [-0.25, -0.2) is 9.59 Å². The molecule has 1 aliphatic heterocycles. The third kappa shape index (κ3) is 2.93. The lowest BCUT2D eigenvalue weighted by Gasteiger charge is -2.23. The SMILES string of the molecule is [N-]=[N+]=NC1CCN(C(=O)OCC2c3ccccc3-c3ccccc32)[C@@H]1C(=O)O. The zero-order chi connectivity index (χ0) is 19.7. The molecule has 8 heteroatoms. The minimum atomic E-state index is -1.21. The normalized spacial score (nSPS) is 20.2. The summed E-state index contributed by atoms with van der Waals surface area (Å²) in [7, 11) is 0. The first-order valence-corrected chi connectivity index (χ1v) is 9.00. The standard InChI is InChI=1S/C20H18N4O4/c21-23-22-17-9-10-24(18(17)19(25)26)20(27)28-11-16-14-7-3-1-5-12(14)13-6-2-4-8-15(13)16/h1-8,16-18H,9-11H2,(H,25,26)/t17?,18-/m0/s1. The first-order valence-electron chi connectivity index (χ1n) is 9.00. The van der Waals surface area contributed by atoms with Gasteiger partial charge in [0.15, 0.2) is 0 Å². The lowest BCUT2D eigenvalue weighted by atomic mass is 9.98. The smallest absolute Gasteiger partial charge is 0.410 e. The molecule has 4 rings (SSSR count). The maximum absolute atomic E-state index is 12.6. The fourth-order valence-electron chi connectivity index (χ4n) is 4.14. The van der Waals surface area contributed by atoms with Crippen molar-refractivity contribution in [1.82, 2.24) is 4.90 Å². The van der Waals surface area contributed by atoms with Crippen LogP contribution < -0.4 is 0 Å². The number of amides is 1. The van der Waals surface area contributed by atoms with E-state index in [0.29, 0.717) is 6.42 Å². The second kappa shape index (κ2) is 7.25. The lowest BCUT2D eigenvalue weighted by Crippen LogP contribution is -2.45. The van der Waals surface area contributed by atoms with E-state index < -0.39 is 24.1 Å². The molecule has 1 saturated heterocycles. The van der Waals surface area contributed by atoms with E-state index in [9.17, 15) is 14.7 Å². The van der Waals surface area contributed by atoms with E-state index >= 15 is 0 Å². The highest BCUT2D eigenvalue weighted by molar-refractivity contribution is 5.82. The van der Waals surface area contributed by atoms with Gasteiger partial charge in [0.25, 0.3) is 0 Å². The Morgan fingerprint density at radius 2 is 1.75 bits per heavy atom. The Morgan fingerprint density at radius 1 is 1.14 bits per heavy atom. The lowest BCUT2D eigenvalue weighted by molar-refractivity contribution is -0.142. The first-order chi connectivity index (χ1) is 13.6. The second-order valence-corrected chi connectivity index (χ2v) is 6.84. The molecule has 0 saturated carbocycles. The number of azide groups is 1. The van der Waals surface area contributed by atoms with Crippen molar-refractivity contribution < 1.29 is 19.4 Å². The molecule has 142 valence electrons. The highest BCUT2D eigenvalue weighted by Gasteiger charge is 2.42. The minimum absolute atomic E-state index is 0.102. The van der Waals surface area contributed by atoms with Gasteiger partial charge in [0.1, 0.15) is 12.6 Å². The molecule has 1 fully saturated rings. The summed E-state index contributed by atoms with van der Waals surface area (Å²) in [5, 5.41) is 12.9. The van der Waals surface area contributed by atoms with Gasteiger partial charge in [0, 0.05) is 17.4 Å². The van der Waals surface area contributed by atoms with Crippen LogP contribution in [0.4, 0.5) is 4.79 Å². The van der Waals surface area contributed by atoms with Crippen molar-refractivity contribution in [3.63, 3.8) is 0 Å². The Hall–Kier alpha value is -3.51. The zero-order valence-corrected chi connectivity index (χ0v) is 14.9. The Kier molecular flexibility index (Phi) is 4.63. The van der Waals surface area contributed by atoms with Crippen LogP contribution in [0, 0.1) is 0 Å². The average molecular weight is 378 g/mol. The number of rotatable bonds is 4. The fourth-order valence-corrected chi connectivity index (χ4v) is 4.14. The number of carboxylic acids is 1. The summed E-state index contributed by atoms with van der Waals surface area (Å²) in [5.41, 5.74) is 13.0. The van der Waals surface area contributed by atoms with Gasteiger partial charge in [-0.1, -0.05) is 53.6 Å². The highest BCUT2D eigenvalue weighted by Crippen LogP contribution is 2.44. The van der Waals surface area contributed by atoms with Crippen molar-refractivity contribution >= 4 is 12.1 Å². The molecule has 2 aliphatic rings. The van der Waals surface area contributed by atoms with E-state index in [2.05, 4.69) is 10.0 Å². The number of fused-ring (bicyclic) bond motifs is 3. The summed E-state index contributed by atoms with van der Waals surface area (Å²) in [6, 6.07) is 14.0. The number of likely N-dealkylation sites (tertiary alicyclic amines) is 1. The second-order valence-electron chi connectivity index (χ2n) is 6.84. The Labute approximate surface area is 161 Å². The van der Waals surface area contributed by atoms with Crippen LogP contribution in [0.5, 0.6) is 0 Å². The van der Waals surface area contributed by atoms with Crippen LogP contribution in [0.25, 0.3) is 21.6 Å². The van der Waals surface area contributed by atoms with Crippen LogP contribution in [-0.4, -0.2) is 47.3 Å². The van der Waals surface area contributed by atoms with Gasteiger partial charge in [-0.05, 0) is 34.2 Å². The summed E-state index contributed by atoms with van der Waals surface area (Å²) in [6.45, 7) is 0.291. The Morgan fingerprint density at radius 3 is 2.32 bits per heavy atom. The number of carbonyl (C=O) groups excluding carboxylic acids is 1. The van der Waals surface area contributed by atoms with E-state index in [1.165, 1.54) is 0 Å². The predicted molar refractivity (Wildman–Crippen MR) is 101 cm³/mol. The number of hydrogen-bond acceptors (Lipinski definition) is 4. The summed E-state index contributed by atoms with van der Waals surface area (Å²) in [6.07, 6.45) is -0.407. The average Bonchev–Trinajstić information content (AvgIpc) is 3.26. The molecule has 2 atom stereocenters. The quantitative estimate of drug-likeness (QED) is 0.495. The van der Waals surface area contributed by atoms with Crippen LogP contribution in [0.15, 0.2) is 53.6 Å². The van der Waals surface area contributed by atoms with Crippen LogP contribution >= 0.6 is 0 Å². The summed E-state index contributed by atoms with van der Waals surface area (Å²) in [4.78, 5) is 28.0. The fraction of sp³-hybridized carbons (Fsp3) is 0.300. The molecule has 1 heterocycles. The maximum Gasteiger partial charge on any atom is 0.410 e. The molecule has 28 heavy (non-hydrogen) atoms. The molecule has 1 unspecified atom stereocenters. The Bertz CT molecular complexity index is 940. The van der Waals surface area contributed by atoms with Crippen molar-refractivity contribution in [2.75, 3.05) is 13.2 Å². The van der Waals surface area contributed by atoms with Crippen molar-refractivity contribution in [2.45, 2.75) is 24.4 Å². The third-order valence-corrected chi connectivity index (χ3v) is 5.39. The number of carboxylic acid groups (broad SMARTS) is 1. The number of nitrogens with zero attached hydrogens (tertiary/aromatic N) is 4. The van der Waals surface area contributed by atoms with Gasteiger partial charge in [0.2, 0.25) is 0 Å². The van der Waals surface area contributed by atoms with Crippen LogP contribution in [0.1, 0.15) is 23.5 Å². The number of benzene rings is 2. The van der Waals surface area contributed by atoms with E-state index in [1.54, 1.807) is 0 Å². The molecule has 2 aromatic carbocycles. The minimum Gasteiger partial charge on any atom is -0.480 e. The first kappa shape index (κ1) is 17.9. The van der Waals surface area contributed by atoms with Crippen LogP contribution in [0.3, 0.4) is 0 Å². The summed E-state index contributed by atoms with van der Waals surface area (Å²) < 4.78 is 5.52. The molecule has 0 radical (unpaired) electrons. The van der Waals surface area contributed by atoms with Crippen molar-refractivity contribution in [2.24, 2.45) is 5.11 Å². The summed E-state index contributed by atoms with van der Waals surface area (Å²) >= 11 is 0. The van der Waals surface area contributed by atoms with Crippen molar-refractivity contribution in [3.8, 4) is 11.1 Å². The maximum atomic E-state index is 12.6. The predicted octanol–water partition coefficient (Wildman–Crippen LogP) is 3.77. The van der Waals surface area contributed by atoms with Gasteiger partial charge >= 0.3 is 12.1 Å². The number of ether oxygens (including phenoxy) is 1. The molecule has 8 nitrogen and oxygen atoms in total. The monoisotopic (exact) mass is 378 g/mol. The van der Waals surface area contributed by atoms with Gasteiger partial charge in [-0.3, -0.25) is 4.90 Å². The van der Waals surface area contributed by atoms with E-state index in [-0.39, 0.29) is 19.1 Å². The van der Waals surface area contributed by atoms with Gasteiger partial charge < -0.3 is 9.84 Å². The molecule has 1 N–H and O–H groups in total. The summed E-state index contributed by atoms with van der Waals surface area (Å²) in [5.74, 6) is -1.31. The highest BCUT2D eigenvalue weighted by atomic mass is 16.6. The van der Waals surface area contributed by atoms with E-state index in [0.717, 1.165) is 27.2 Å². The Balaban J connectivity index is 1.53. The number of carbonyl (C=O) groups is 2. The van der Waals surface area contributed by atoms with Crippen LogP contribution in [-0.2, 0) is 9.53 Å². The molecule has 0 bridgehead atoms. The topological polar surface area (TPSA) is 116 Å². The molecular weight excluding hydrogens is 360 g/mol. The van der Waals surface area contributed by atoms with E-state index in [1.807, 2.05) is 48.5 Å². The molecule has 2 aromatic rings. The van der Waals surface area contributed by atoms with Crippen molar-refractivity contribution in [3.05, 3.63) is 70.1 Å². The molecule has 0 aromatic heterocycles. The van der Waals surface area contributed by atoms with E-state index in [4.69, 9.17) is 10.3 Å². The molecular formula is C20H18N4O4. The number of hydrogen-bond donors (Lipinski definition) is 1. The zero-order valence-electron chi connectivity index (χ0n) is 14.9. The molecule has 1 amide bonds. The van der Waals surface area contributed by atoms with Gasteiger partial charge in [-0.15, -0.1) is 0 Å². The van der Waals surface area contributed by atoms with Gasteiger partial charge in [-0.2, -0.15) is 0 Å². The molecule has 0 spiro atoms. The number of aliphatic carboxylic acids is 1. The molecule has 1 aliphatic carbocycles. The largest absolute Gasteiger partial charge is 0.480 e. The van der Waals surface area contributed by atoms with Gasteiger partial charge in [0.05, 0.1) is 6.04 Å².